The zero-order valence-corrected chi connectivity index (χ0v) is 15.8. The highest BCUT2D eigenvalue weighted by atomic mass is 16.5. The lowest BCUT2D eigenvalue weighted by atomic mass is 9.77. The van der Waals surface area contributed by atoms with Gasteiger partial charge in [0.05, 0.1) is 13.2 Å². The molecule has 1 nitrogen and oxygen atoms in total. The number of hydrogen-bond donors (Lipinski definition) is 0. The van der Waals surface area contributed by atoms with Crippen molar-refractivity contribution in [2.75, 3.05) is 13.2 Å². The lowest BCUT2D eigenvalue weighted by Gasteiger charge is -2.29. The number of allylic oxidation sites excluding steroid dienone is 2. The molecule has 0 heterocycles. The van der Waals surface area contributed by atoms with Gasteiger partial charge in [-0.15, -0.1) is 0 Å². The van der Waals surface area contributed by atoms with E-state index in [1.807, 2.05) is 0 Å². The second-order valence-corrected chi connectivity index (χ2v) is 8.75. The predicted octanol–water partition coefficient (Wildman–Crippen LogP) is 6.26. The summed E-state index contributed by atoms with van der Waals surface area (Å²) in [7, 11) is 0. The Balaban J connectivity index is 1.58. The maximum Gasteiger partial charge on any atom is 0.0651 e. The third kappa shape index (κ3) is 7.25. The summed E-state index contributed by atoms with van der Waals surface area (Å²) >= 11 is 0. The average molecular weight is 319 g/mol. The summed E-state index contributed by atoms with van der Waals surface area (Å²) in [5.41, 5.74) is 0. The average Bonchev–Trinajstić information content (AvgIpc) is 2.44. The van der Waals surface area contributed by atoms with Crippen LogP contribution < -0.4 is 0 Å². The fraction of sp³-hybridized carbons (Fsp3) is 0.818. The van der Waals surface area contributed by atoms with E-state index in [9.17, 15) is 0 Å². The largest absolute Gasteiger partial charge is 0.373 e. The topological polar surface area (TPSA) is 9.23 Å². The van der Waals surface area contributed by atoms with E-state index in [1.165, 1.54) is 38.5 Å². The van der Waals surface area contributed by atoms with Crippen molar-refractivity contribution < 1.29 is 4.74 Å². The van der Waals surface area contributed by atoms with Crippen LogP contribution in [0, 0.1) is 35.5 Å². The molecule has 0 bridgehead atoms. The molecule has 2 fully saturated rings. The smallest absolute Gasteiger partial charge is 0.0651 e. The Morgan fingerprint density at radius 2 is 0.957 bits per heavy atom. The van der Waals surface area contributed by atoms with Crippen molar-refractivity contribution in [1.82, 2.24) is 0 Å². The van der Waals surface area contributed by atoms with Crippen molar-refractivity contribution in [2.24, 2.45) is 35.5 Å². The molecule has 0 radical (unpaired) electrons. The van der Waals surface area contributed by atoms with Crippen LogP contribution in [0.5, 0.6) is 0 Å². The molecule has 2 aliphatic rings. The van der Waals surface area contributed by atoms with Gasteiger partial charge >= 0.3 is 0 Å². The van der Waals surface area contributed by atoms with Crippen molar-refractivity contribution in [3.63, 3.8) is 0 Å². The first-order valence-electron chi connectivity index (χ1n) is 9.94. The molecule has 0 aliphatic heterocycles. The Hall–Kier alpha value is -0.560. The van der Waals surface area contributed by atoms with Gasteiger partial charge in [0.25, 0.3) is 0 Å². The Kier molecular flexibility index (Phi) is 7.89. The third-order valence-electron chi connectivity index (χ3n) is 5.67. The van der Waals surface area contributed by atoms with Crippen molar-refractivity contribution in [2.45, 2.75) is 66.2 Å². The summed E-state index contributed by atoms with van der Waals surface area (Å²) in [6.07, 6.45) is 17.5. The van der Waals surface area contributed by atoms with Crippen LogP contribution in [-0.2, 0) is 4.74 Å². The molecule has 0 aromatic heterocycles. The van der Waals surface area contributed by atoms with Gasteiger partial charge in [-0.1, -0.05) is 52.0 Å². The highest BCUT2D eigenvalue weighted by molar-refractivity contribution is 4.94. The predicted molar refractivity (Wildman–Crippen MR) is 100 cm³/mol. The SMILES string of the molecule is CC1CC(C)CC(C=CCOCC=CC2CC(C)CC(C)C2)C1. The molecule has 0 saturated heterocycles. The zero-order valence-electron chi connectivity index (χ0n) is 15.8. The highest BCUT2D eigenvalue weighted by Gasteiger charge is 2.22. The molecule has 4 atom stereocenters. The molecule has 0 aromatic carbocycles. The van der Waals surface area contributed by atoms with Crippen LogP contribution in [0.15, 0.2) is 24.3 Å². The standard InChI is InChI=1S/C22H38O/c1-17-11-18(2)14-21(13-17)7-5-9-23-10-6-8-22-15-19(3)12-20(4)16-22/h5-8,17-22H,9-16H2,1-4H3. The normalized spacial score (nSPS) is 39.3. The van der Waals surface area contributed by atoms with E-state index in [4.69, 9.17) is 4.74 Å². The quantitative estimate of drug-likeness (QED) is 0.415. The molecular weight excluding hydrogens is 280 g/mol. The lowest BCUT2D eigenvalue weighted by molar-refractivity contribution is 0.190. The molecule has 0 aromatic rings. The molecule has 23 heavy (non-hydrogen) atoms. The fourth-order valence-electron chi connectivity index (χ4n) is 5.03. The van der Waals surface area contributed by atoms with Gasteiger partial charge in [-0.3, -0.25) is 0 Å². The zero-order chi connectivity index (χ0) is 16.7. The Morgan fingerprint density at radius 1 is 0.609 bits per heavy atom. The Bertz CT molecular complexity index is 327. The highest BCUT2D eigenvalue weighted by Crippen LogP contribution is 2.34. The first kappa shape index (κ1) is 18.8. The number of rotatable bonds is 6. The fourth-order valence-corrected chi connectivity index (χ4v) is 5.03. The van der Waals surface area contributed by atoms with Gasteiger partial charge in [-0.2, -0.15) is 0 Å². The van der Waals surface area contributed by atoms with Gasteiger partial charge in [0.2, 0.25) is 0 Å². The Labute approximate surface area is 144 Å². The van der Waals surface area contributed by atoms with Crippen LogP contribution >= 0.6 is 0 Å². The van der Waals surface area contributed by atoms with E-state index in [0.717, 1.165) is 48.7 Å². The minimum Gasteiger partial charge on any atom is -0.373 e. The van der Waals surface area contributed by atoms with Crippen LogP contribution in [0.2, 0.25) is 0 Å². The second kappa shape index (κ2) is 9.67. The van der Waals surface area contributed by atoms with Crippen LogP contribution in [0.1, 0.15) is 66.2 Å². The van der Waals surface area contributed by atoms with Crippen LogP contribution in [0.4, 0.5) is 0 Å². The summed E-state index contributed by atoms with van der Waals surface area (Å²) in [6, 6.07) is 0. The third-order valence-corrected chi connectivity index (χ3v) is 5.67. The number of ether oxygens (including phenoxy) is 1. The number of hydrogen-bond acceptors (Lipinski definition) is 1. The molecule has 0 amide bonds. The first-order chi connectivity index (χ1) is 11.0. The monoisotopic (exact) mass is 318 g/mol. The van der Waals surface area contributed by atoms with E-state index in [0.29, 0.717) is 0 Å². The van der Waals surface area contributed by atoms with Gasteiger partial charge in [0.1, 0.15) is 0 Å². The van der Waals surface area contributed by atoms with E-state index >= 15 is 0 Å². The molecule has 2 rings (SSSR count). The van der Waals surface area contributed by atoms with Crippen molar-refractivity contribution in [3.8, 4) is 0 Å². The minimum atomic E-state index is 0.765. The first-order valence-corrected chi connectivity index (χ1v) is 9.94. The summed E-state index contributed by atoms with van der Waals surface area (Å²) < 4.78 is 5.75. The lowest BCUT2D eigenvalue weighted by Crippen LogP contribution is -2.18. The van der Waals surface area contributed by atoms with Crippen molar-refractivity contribution in [1.29, 1.82) is 0 Å². The minimum absolute atomic E-state index is 0.765. The molecule has 132 valence electrons. The second-order valence-electron chi connectivity index (χ2n) is 8.75. The summed E-state index contributed by atoms with van der Waals surface area (Å²) in [6.45, 7) is 11.1. The van der Waals surface area contributed by atoms with E-state index in [2.05, 4.69) is 52.0 Å². The van der Waals surface area contributed by atoms with E-state index in [1.54, 1.807) is 0 Å². The molecule has 0 N–H and O–H groups in total. The summed E-state index contributed by atoms with van der Waals surface area (Å²) in [5.74, 6) is 5.10. The van der Waals surface area contributed by atoms with Gasteiger partial charge < -0.3 is 4.74 Å². The molecule has 2 saturated carbocycles. The van der Waals surface area contributed by atoms with Crippen LogP contribution in [0.3, 0.4) is 0 Å². The molecule has 1 heteroatoms. The molecular formula is C22H38O. The van der Waals surface area contributed by atoms with Crippen LogP contribution in [0.25, 0.3) is 0 Å². The summed E-state index contributed by atoms with van der Waals surface area (Å²) in [4.78, 5) is 0. The maximum atomic E-state index is 5.75. The van der Waals surface area contributed by atoms with E-state index in [-0.39, 0.29) is 0 Å². The van der Waals surface area contributed by atoms with Crippen molar-refractivity contribution >= 4 is 0 Å². The van der Waals surface area contributed by atoms with Gasteiger partial charge in [0, 0.05) is 0 Å². The molecule has 0 spiro atoms. The maximum absolute atomic E-state index is 5.75. The molecule has 2 aliphatic carbocycles. The Morgan fingerprint density at radius 3 is 1.30 bits per heavy atom. The van der Waals surface area contributed by atoms with Gasteiger partial charge in [-0.05, 0) is 74.0 Å². The summed E-state index contributed by atoms with van der Waals surface area (Å²) in [5, 5.41) is 0. The molecule has 4 unspecified atom stereocenters. The van der Waals surface area contributed by atoms with Gasteiger partial charge in [-0.25, -0.2) is 0 Å². The van der Waals surface area contributed by atoms with Crippen molar-refractivity contribution in [3.05, 3.63) is 24.3 Å². The van der Waals surface area contributed by atoms with E-state index < -0.39 is 0 Å². The van der Waals surface area contributed by atoms with Crippen LogP contribution in [-0.4, -0.2) is 13.2 Å². The van der Waals surface area contributed by atoms with Gasteiger partial charge in [0.15, 0.2) is 0 Å².